The van der Waals surface area contributed by atoms with Crippen LogP contribution in [0.5, 0.6) is 0 Å². The lowest BCUT2D eigenvalue weighted by molar-refractivity contribution is 1.02. The van der Waals surface area contributed by atoms with E-state index >= 15 is 0 Å². The second-order valence-corrected chi connectivity index (χ2v) is 4.28. The normalized spacial score (nSPS) is 10.2. The zero-order valence-corrected chi connectivity index (χ0v) is 10.8. The van der Waals surface area contributed by atoms with Gasteiger partial charge in [-0.05, 0) is 18.2 Å². The van der Waals surface area contributed by atoms with E-state index in [1.165, 1.54) is 0 Å². The molecule has 0 bridgehead atoms. The first-order valence-electron chi connectivity index (χ1n) is 5.66. The van der Waals surface area contributed by atoms with Crippen LogP contribution in [0.1, 0.15) is 0 Å². The summed E-state index contributed by atoms with van der Waals surface area (Å²) in [7, 11) is 5.86. The molecule has 1 aromatic heterocycles. The molecule has 0 amide bonds. The molecule has 0 fully saturated rings. The topological polar surface area (TPSA) is 58.3 Å². The zero-order chi connectivity index (χ0) is 13.1. The van der Waals surface area contributed by atoms with Crippen LogP contribution in [-0.2, 0) is 0 Å². The highest BCUT2D eigenvalue weighted by Gasteiger charge is 2.07. The van der Waals surface area contributed by atoms with E-state index in [1.54, 1.807) is 6.33 Å². The van der Waals surface area contributed by atoms with E-state index in [0.29, 0.717) is 0 Å². The SMILES string of the molecule is CN(C)c1cc(N(C)c2cccc(N)c2)ncn1. The van der Waals surface area contributed by atoms with Crippen LogP contribution in [0.3, 0.4) is 0 Å². The molecular weight excluding hydrogens is 226 g/mol. The average Bonchev–Trinajstić information content (AvgIpc) is 2.38. The minimum Gasteiger partial charge on any atom is -0.399 e. The van der Waals surface area contributed by atoms with Crippen molar-refractivity contribution in [1.82, 2.24) is 9.97 Å². The molecule has 0 spiro atoms. The molecule has 0 saturated heterocycles. The number of anilines is 4. The Morgan fingerprint density at radius 3 is 2.39 bits per heavy atom. The summed E-state index contributed by atoms with van der Waals surface area (Å²) < 4.78 is 0. The molecule has 1 aromatic carbocycles. The van der Waals surface area contributed by atoms with Gasteiger partial charge in [0.05, 0.1) is 0 Å². The number of nitrogens with two attached hydrogens (primary N) is 1. The Kier molecular flexibility index (Phi) is 3.32. The Labute approximate surface area is 107 Å². The fourth-order valence-electron chi connectivity index (χ4n) is 1.63. The monoisotopic (exact) mass is 243 g/mol. The summed E-state index contributed by atoms with van der Waals surface area (Å²) >= 11 is 0. The molecule has 18 heavy (non-hydrogen) atoms. The highest BCUT2D eigenvalue weighted by Crippen LogP contribution is 2.24. The number of nitrogen functional groups attached to an aromatic ring is 1. The summed E-state index contributed by atoms with van der Waals surface area (Å²) in [6, 6.07) is 9.63. The Morgan fingerprint density at radius 2 is 1.72 bits per heavy atom. The molecule has 0 unspecified atom stereocenters. The van der Waals surface area contributed by atoms with Gasteiger partial charge in [0.15, 0.2) is 0 Å². The second kappa shape index (κ2) is 4.91. The minimum absolute atomic E-state index is 0.737. The first-order valence-corrected chi connectivity index (χ1v) is 5.66. The second-order valence-electron chi connectivity index (χ2n) is 4.28. The van der Waals surface area contributed by atoms with Crippen molar-refractivity contribution in [3.8, 4) is 0 Å². The standard InChI is InChI=1S/C13H17N5/c1-17(2)12-8-13(16-9-15-12)18(3)11-6-4-5-10(14)7-11/h4-9H,14H2,1-3H3. The molecule has 1 heterocycles. The van der Waals surface area contributed by atoms with Gasteiger partial charge >= 0.3 is 0 Å². The summed E-state index contributed by atoms with van der Waals surface area (Å²) in [6.07, 6.45) is 1.56. The van der Waals surface area contributed by atoms with E-state index in [4.69, 9.17) is 5.73 Å². The van der Waals surface area contributed by atoms with Gasteiger partial charge in [-0.3, -0.25) is 0 Å². The molecule has 0 atom stereocenters. The quantitative estimate of drug-likeness (QED) is 0.834. The Bertz CT molecular complexity index is 538. The van der Waals surface area contributed by atoms with Gasteiger partial charge in [0, 0.05) is 38.6 Å². The summed E-state index contributed by atoms with van der Waals surface area (Å²) in [4.78, 5) is 12.4. The molecule has 0 aliphatic rings. The summed E-state index contributed by atoms with van der Waals surface area (Å²) in [5, 5.41) is 0. The lowest BCUT2D eigenvalue weighted by Gasteiger charge is -2.20. The molecule has 2 rings (SSSR count). The largest absolute Gasteiger partial charge is 0.399 e. The molecule has 0 aliphatic heterocycles. The van der Waals surface area contributed by atoms with Crippen molar-refractivity contribution in [2.75, 3.05) is 36.7 Å². The van der Waals surface area contributed by atoms with Crippen LogP contribution in [0.15, 0.2) is 36.7 Å². The van der Waals surface area contributed by atoms with E-state index in [0.717, 1.165) is 23.0 Å². The highest BCUT2D eigenvalue weighted by atomic mass is 15.2. The first kappa shape index (κ1) is 12.2. The molecule has 2 N–H and O–H groups in total. The Balaban J connectivity index is 2.33. The van der Waals surface area contributed by atoms with Gasteiger partial charge in [-0.1, -0.05) is 6.07 Å². The maximum absolute atomic E-state index is 5.78. The summed E-state index contributed by atoms with van der Waals surface area (Å²) in [5.41, 5.74) is 7.52. The van der Waals surface area contributed by atoms with Crippen molar-refractivity contribution < 1.29 is 0 Å². The molecule has 94 valence electrons. The molecular formula is C13H17N5. The molecule has 0 radical (unpaired) electrons. The van der Waals surface area contributed by atoms with E-state index in [2.05, 4.69) is 9.97 Å². The number of hydrogen-bond acceptors (Lipinski definition) is 5. The van der Waals surface area contributed by atoms with Gasteiger partial charge in [0.25, 0.3) is 0 Å². The number of nitrogens with zero attached hydrogens (tertiary/aromatic N) is 4. The van der Waals surface area contributed by atoms with E-state index in [9.17, 15) is 0 Å². The maximum atomic E-state index is 5.78. The van der Waals surface area contributed by atoms with Crippen LogP contribution in [0, 0.1) is 0 Å². The molecule has 0 aliphatic carbocycles. The molecule has 0 saturated carbocycles. The van der Waals surface area contributed by atoms with Crippen LogP contribution < -0.4 is 15.5 Å². The van der Waals surface area contributed by atoms with Gasteiger partial charge in [0.2, 0.25) is 0 Å². The van der Waals surface area contributed by atoms with Gasteiger partial charge < -0.3 is 15.5 Å². The van der Waals surface area contributed by atoms with Gasteiger partial charge in [-0.25, -0.2) is 9.97 Å². The Hall–Kier alpha value is -2.30. The predicted molar refractivity (Wildman–Crippen MR) is 75.3 cm³/mol. The van der Waals surface area contributed by atoms with Crippen LogP contribution in [0.25, 0.3) is 0 Å². The van der Waals surface area contributed by atoms with Crippen LogP contribution in [0.4, 0.5) is 23.0 Å². The van der Waals surface area contributed by atoms with Crippen LogP contribution >= 0.6 is 0 Å². The third kappa shape index (κ3) is 2.51. The average molecular weight is 243 g/mol. The van der Waals surface area contributed by atoms with Crippen molar-refractivity contribution in [1.29, 1.82) is 0 Å². The summed E-state index contributed by atoms with van der Waals surface area (Å²) in [6.45, 7) is 0. The number of benzene rings is 1. The van der Waals surface area contributed by atoms with Crippen molar-refractivity contribution in [3.05, 3.63) is 36.7 Å². The lowest BCUT2D eigenvalue weighted by atomic mass is 10.2. The van der Waals surface area contributed by atoms with Crippen LogP contribution in [0.2, 0.25) is 0 Å². The van der Waals surface area contributed by atoms with E-state index in [-0.39, 0.29) is 0 Å². The molecule has 5 nitrogen and oxygen atoms in total. The summed E-state index contributed by atoms with van der Waals surface area (Å²) in [5.74, 6) is 1.70. The zero-order valence-electron chi connectivity index (χ0n) is 10.8. The van der Waals surface area contributed by atoms with E-state index < -0.39 is 0 Å². The lowest BCUT2D eigenvalue weighted by Crippen LogP contribution is -2.15. The fourth-order valence-corrected chi connectivity index (χ4v) is 1.63. The van der Waals surface area contributed by atoms with Crippen molar-refractivity contribution in [2.45, 2.75) is 0 Å². The number of rotatable bonds is 3. The number of hydrogen-bond donors (Lipinski definition) is 1. The van der Waals surface area contributed by atoms with Gasteiger partial charge in [0.1, 0.15) is 18.0 Å². The Morgan fingerprint density at radius 1 is 1.00 bits per heavy atom. The molecule has 2 aromatic rings. The van der Waals surface area contributed by atoms with Crippen LogP contribution in [-0.4, -0.2) is 31.1 Å². The van der Waals surface area contributed by atoms with E-state index in [1.807, 2.05) is 61.3 Å². The maximum Gasteiger partial charge on any atom is 0.138 e. The predicted octanol–water partition coefficient (Wildman–Crippen LogP) is 1.89. The minimum atomic E-state index is 0.737. The third-order valence-electron chi connectivity index (χ3n) is 2.70. The van der Waals surface area contributed by atoms with Gasteiger partial charge in [-0.2, -0.15) is 0 Å². The van der Waals surface area contributed by atoms with Crippen molar-refractivity contribution >= 4 is 23.0 Å². The molecule has 5 heteroatoms. The smallest absolute Gasteiger partial charge is 0.138 e. The fraction of sp³-hybridized carbons (Fsp3) is 0.231. The highest BCUT2D eigenvalue weighted by molar-refractivity contribution is 5.65. The third-order valence-corrected chi connectivity index (χ3v) is 2.70. The first-order chi connectivity index (χ1) is 8.58. The van der Waals surface area contributed by atoms with Crippen molar-refractivity contribution in [2.24, 2.45) is 0 Å². The number of aromatic nitrogens is 2. The van der Waals surface area contributed by atoms with Gasteiger partial charge in [-0.15, -0.1) is 0 Å². The van der Waals surface area contributed by atoms with Crippen molar-refractivity contribution in [3.63, 3.8) is 0 Å².